The second kappa shape index (κ2) is 13.2. The van der Waals surface area contributed by atoms with E-state index in [4.69, 9.17) is 9.47 Å². The SMILES string of the molecule is CCNC(=NCCc1cccc(F)c1F)NCCc1ccc(OC)c(OC)c1.I. The van der Waals surface area contributed by atoms with Crippen molar-refractivity contribution in [1.29, 1.82) is 0 Å². The molecule has 0 aliphatic carbocycles. The number of nitrogens with zero attached hydrogens (tertiary/aromatic N) is 1. The summed E-state index contributed by atoms with van der Waals surface area (Å²) < 4.78 is 37.5. The third-order valence-electron chi connectivity index (χ3n) is 4.18. The molecule has 5 nitrogen and oxygen atoms in total. The van der Waals surface area contributed by atoms with Crippen molar-refractivity contribution in [1.82, 2.24) is 10.6 Å². The number of rotatable bonds is 9. The Hall–Kier alpha value is -2.10. The fourth-order valence-electron chi connectivity index (χ4n) is 2.73. The van der Waals surface area contributed by atoms with Gasteiger partial charge in [0, 0.05) is 19.6 Å². The number of benzene rings is 2. The third-order valence-corrected chi connectivity index (χ3v) is 4.18. The van der Waals surface area contributed by atoms with E-state index in [1.54, 1.807) is 20.3 Å². The smallest absolute Gasteiger partial charge is 0.191 e. The zero-order chi connectivity index (χ0) is 20.4. The Morgan fingerprint density at radius 2 is 1.76 bits per heavy atom. The minimum Gasteiger partial charge on any atom is -0.493 e. The molecule has 8 heteroatoms. The molecule has 29 heavy (non-hydrogen) atoms. The lowest BCUT2D eigenvalue weighted by Gasteiger charge is -2.13. The van der Waals surface area contributed by atoms with E-state index in [2.05, 4.69) is 15.6 Å². The van der Waals surface area contributed by atoms with Crippen LogP contribution in [0.2, 0.25) is 0 Å². The van der Waals surface area contributed by atoms with E-state index < -0.39 is 11.6 Å². The van der Waals surface area contributed by atoms with Gasteiger partial charge in [-0.25, -0.2) is 8.78 Å². The maximum atomic E-state index is 13.7. The highest BCUT2D eigenvalue weighted by atomic mass is 127. The van der Waals surface area contributed by atoms with E-state index in [0.717, 1.165) is 18.1 Å². The van der Waals surface area contributed by atoms with E-state index in [0.29, 0.717) is 49.1 Å². The molecule has 0 aliphatic rings. The van der Waals surface area contributed by atoms with Gasteiger partial charge in [0.05, 0.1) is 14.2 Å². The van der Waals surface area contributed by atoms with Crippen molar-refractivity contribution in [2.45, 2.75) is 19.8 Å². The number of ether oxygens (including phenoxy) is 2. The average molecular weight is 519 g/mol. The van der Waals surface area contributed by atoms with Crippen LogP contribution in [-0.2, 0) is 12.8 Å². The van der Waals surface area contributed by atoms with Crippen LogP contribution >= 0.6 is 24.0 Å². The molecule has 160 valence electrons. The summed E-state index contributed by atoms with van der Waals surface area (Å²) >= 11 is 0. The molecule has 0 saturated heterocycles. The van der Waals surface area contributed by atoms with Crippen molar-refractivity contribution in [3.63, 3.8) is 0 Å². The van der Waals surface area contributed by atoms with E-state index in [-0.39, 0.29) is 24.0 Å². The molecule has 0 bridgehead atoms. The molecule has 2 rings (SSSR count). The summed E-state index contributed by atoms with van der Waals surface area (Å²) in [6.07, 6.45) is 1.10. The van der Waals surface area contributed by atoms with Gasteiger partial charge in [0.1, 0.15) is 0 Å². The van der Waals surface area contributed by atoms with Gasteiger partial charge in [-0.2, -0.15) is 0 Å². The predicted molar refractivity (Wildman–Crippen MR) is 123 cm³/mol. The molecule has 2 aromatic carbocycles. The summed E-state index contributed by atoms with van der Waals surface area (Å²) in [5.74, 6) is 0.390. The fraction of sp³-hybridized carbons (Fsp3) is 0.381. The molecule has 0 radical (unpaired) electrons. The highest BCUT2D eigenvalue weighted by molar-refractivity contribution is 14.0. The van der Waals surface area contributed by atoms with Crippen LogP contribution in [0.3, 0.4) is 0 Å². The highest BCUT2D eigenvalue weighted by Crippen LogP contribution is 2.27. The monoisotopic (exact) mass is 519 g/mol. The van der Waals surface area contributed by atoms with Gasteiger partial charge in [-0.15, -0.1) is 24.0 Å². The van der Waals surface area contributed by atoms with Crippen molar-refractivity contribution in [3.05, 3.63) is 59.2 Å². The standard InChI is InChI=1S/C21H27F2N3O2.HI/c1-4-24-21(26-13-11-16-6-5-7-17(22)20(16)23)25-12-10-15-8-9-18(27-2)19(14-15)28-3;/h5-9,14H,4,10-13H2,1-3H3,(H2,24,25,26);1H. The highest BCUT2D eigenvalue weighted by Gasteiger charge is 2.07. The largest absolute Gasteiger partial charge is 0.493 e. The zero-order valence-corrected chi connectivity index (χ0v) is 19.3. The number of nitrogens with one attached hydrogen (secondary N) is 2. The molecule has 0 saturated carbocycles. The van der Waals surface area contributed by atoms with Crippen molar-refractivity contribution >= 4 is 29.9 Å². The lowest BCUT2D eigenvalue weighted by molar-refractivity contribution is 0.354. The van der Waals surface area contributed by atoms with Gasteiger partial charge < -0.3 is 20.1 Å². The summed E-state index contributed by atoms with van der Waals surface area (Å²) in [7, 11) is 3.21. The van der Waals surface area contributed by atoms with Gasteiger partial charge in [0.25, 0.3) is 0 Å². The molecule has 0 aromatic heterocycles. The first-order valence-electron chi connectivity index (χ1n) is 9.25. The summed E-state index contributed by atoms with van der Waals surface area (Å²) in [6, 6.07) is 10.00. The summed E-state index contributed by atoms with van der Waals surface area (Å²) in [5.41, 5.74) is 1.42. The molecular weight excluding hydrogens is 491 g/mol. The summed E-state index contributed by atoms with van der Waals surface area (Å²) in [6.45, 7) is 3.69. The molecule has 0 amide bonds. The molecule has 0 atom stereocenters. The first-order chi connectivity index (χ1) is 13.6. The number of halogens is 3. The van der Waals surface area contributed by atoms with Crippen LogP contribution in [0.1, 0.15) is 18.1 Å². The topological polar surface area (TPSA) is 54.9 Å². The van der Waals surface area contributed by atoms with E-state index in [1.165, 1.54) is 6.07 Å². The predicted octanol–water partition coefficient (Wildman–Crippen LogP) is 3.94. The average Bonchev–Trinajstić information content (AvgIpc) is 2.71. The Kier molecular flexibility index (Phi) is 11.3. The van der Waals surface area contributed by atoms with E-state index >= 15 is 0 Å². The number of hydrogen-bond donors (Lipinski definition) is 2. The van der Waals surface area contributed by atoms with Crippen LogP contribution in [0.25, 0.3) is 0 Å². The van der Waals surface area contributed by atoms with Gasteiger partial charge in [0.15, 0.2) is 29.1 Å². The summed E-state index contributed by atoms with van der Waals surface area (Å²) in [5, 5.41) is 6.39. The number of hydrogen-bond acceptors (Lipinski definition) is 3. The summed E-state index contributed by atoms with van der Waals surface area (Å²) in [4.78, 5) is 4.43. The lowest BCUT2D eigenvalue weighted by atomic mass is 10.1. The second-order valence-corrected chi connectivity index (χ2v) is 6.09. The number of guanidine groups is 1. The Balaban J connectivity index is 0.00000420. The first kappa shape index (κ1) is 24.9. The van der Waals surface area contributed by atoms with Crippen molar-refractivity contribution in [3.8, 4) is 11.5 Å². The number of methoxy groups -OCH3 is 2. The zero-order valence-electron chi connectivity index (χ0n) is 16.9. The molecule has 0 aliphatic heterocycles. The maximum Gasteiger partial charge on any atom is 0.191 e. The maximum absolute atomic E-state index is 13.7. The Bertz CT molecular complexity index is 803. The van der Waals surface area contributed by atoms with Crippen molar-refractivity contribution < 1.29 is 18.3 Å². The minimum atomic E-state index is -0.832. The van der Waals surface area contributed by atoms with Crippen LogP contribution in [-0.4, -0.2) is 39.8 Å². The molecule has 0 spiro atoms. The first-order valence-corrected chi connectivity index (χ1v) is 9.25. The normalized spacial score (nSPS) is 10.9. The van der Waals surface area contributed by atoms with Gasteiger partial charge in [0.2, 0.25) is 0 Å². The van der Waals surface area contributed by atoms with Crippen LogP contribution in [0, 0.1) is 11.6 Å². The molecule has 2 N–H and O–H groups in total. The van der Waals surface area contributed by atoms with Gasteiger partial charge in [-0.1, -0.05) is 18.2 Å². The van der Waals surface area contributed by atoms with Crippen LogP contribution in [0.5, 0.6) is 11.5 Å². The fourth-order valence-corrected chi connectivity index (χ4v) is 2.73. The van der Waals surface area contributed by atoms with Crippen LogP contribution < -0.4 is 20.1 Å². The molecule has 0 fully saturated rings. The van der Waals surface area contributed by atoms with Crippen molar-refractivity contribution in [2.75, 3.05) is 33.9 Å². The quantitative estimate of drug-likeness (QED) is 0.300. The Labute approximate surface area is 187 Å². The van der Waals surface area contributed by atoms with Gasteiger partial charge in [-0.3, -0.25) is 4.99 Å². The molecular formula is C21H28F2IN3O2. The molecule has 2 aromatic rings. The van der Waals surface area contributed by atoms with Crippen molar-refractivity contribution in [2.24, 2.45) is 4.99 Å². The molecule has 0 unspecified atom stereocenters. The lowest BCUT2D eigenvalue weighted by Crippen LogP contribution is -2.38. The molecule has 0 heterocycles. The van der Waals surface area contributed by atoms with E-state index in [9.17, 15) is 8.78 Å². The van der Waals surface area contributed by atoms with Crippen LogP contribution in [0.4, 0.5) is 8.78 Å². The number of aliphatic imine (C=N–C) groups is 1. The van der Waals surface area contributed by atoms with Crippen LogP contribution in [0.15, 0.2) is 41.4 Å². The minimum absolute atomic E-state index is 0. The van der Waals surface area contributed by atoms with Gasteiger partial charge in [-0.05, 0) is 49.1 Å². The second-order valence-electron chi connectivity index (χ2n) is 6.09. The van der Waals surface area contributed by atoms with E-state index in [1.807, 2.05) is 25.1 Å². The third kappa shape index (κ3) is 7.68. The Morgan fingerprint density at radius 1 is 1.00 bits per heavy atom. The Morgan fingerprint density at radius 3 is 2.45 bits per heavy atom. The van der Waals surface area contributed by atoms with Gasteiger partial charge >= 0.3 is 0 Å².